The highest BCUT2D eigenvalue weighted by Gasteiger charge is 2.42. The van der Waals surface area contributed by atoms with Gasteiger partial charge in [0.2, 0.25) is 0 Å². The number of likely N-dealkylation sites (tertiary alicyclic amines) is 1. The molecule has 9 heteroatoms. The van der Waals surface area contributed by atoms with Gasteiger partial charge < -0.3 is 20.1 Å². The molecule has 1 aliphatic rings. The molecule has 1 unspecified atom stereocenters. The Morgan fingerprint density at radius 2 is 2.12 bits per heavy atom. The van der Waals surface area contributed by atoms with Crippen molar-refractivity contribution >= 4 is 23.7 Å². The van der Waals surface area contributed by atoms with Gasteiger partial charge in [0.05, 0.1) is 23.9 Å². The molecule has 2 heterocycles. The Bertz CT molecular complexity index is 684. The Balaban J connectivity index is 2.03. The van der Waals surface area contributed by atoms with E-state index in [4.69, 9.17) is 4.74 Å². The summed E-state index contributed by atoms with van der Waals surface area (Å²) < 4.78 is 6.45. The minimum atomic E-state index is -1.01. The van der Waals surface area contributed by atoms with E-state index in [-0.39, 0.29) is 13.2 Å². The minimum absolute atomic E-state index is 0.149. The molecule has 0 bridgehead atoms. The third-order valence-electron chi connectivity index (χ3n) is 4.46. The normalized spacial score (nSPS) is 20.4. The Morgan fingerprint density at radius 3 is 2.68 bits per heavy atom. The van der Waals surface area contributed by atoms with Gasteiger partial charge in [0, 0.05) is 19.3 Å². The lowest BCUT2D eigenvalue weighted by atomic mass is 9.90. The molecule has 1 saturated heterocycles. The molecule has 2 rings (SSSR count). The minimum Gasteiger partial charge on any atom is -0.481 e. The van der Waals surface area contributed by atoms with Crippen molar-refractivity contribution in [1.29, 1.82) is 0 Å². The van der Waals surface area contributed by atoms with Gasteiger partial charge >= 0.3 is 18.0 Å². The Kier molecular flexibility index (Phi) is 5.05. The summed E-state index contributed by atoms with van der Waals surface area (Å²) in [6.07, 6.45) is 3.39. The topological polar surface area (TPSA) is 114 Å². The van der Waals surface area contributed by atoms with Crippen LogP contribution in [0.5, 0.6) is 0 Å². The number of carboxylic acids is 1. The number of carbonyl (C=O) groups is 3. The van der Waals surface area contributed by atoms with Crippen molar-refractivity contribution in [2.24, 2.45) is 5.41 Å². The summed E-state index contributed by atoms with van der Waals surface area (Å²) in [6, 6.07) is -0.390. The van der Waals surface area contributed by atoms with Crippen molar-refractivity contribution in [2.75, 3.05) is 25.0 Å². The molecule has 138 valence electrons. The fourth-order valence-corrected chi connectivity index (χ4v) is 2.61. The summed E-state index contributed by atoms with van der Waals surface area (Å²) in [5.41, 5.74) is -1.51. The lowest BCUT2D eigenvalue weighted by molar-refractivity contribution is -0.152. The fourth-order valence-electron chi connectivity index (χ4n) is 2.61. The van der Waals surface area contributed by atoms with E-state index in [0.29, 0.717) is 18.7 Å². The van der Waals surface area contributed by atoms with Gasteiger partial charge in [-0.05, 0) is 34.1 Å². The van der Waals surface area contributed by atoms with E-state index in [1.165, 1.54) is 15.8 Å². The Labute approximate surface area is 145 Å². The van der Waals surface area contributed by atoms with Gasteiger partial charge in [-0.1, -0.05) is 0 Å². The van der Waals surface area contributed by atoms with Gasteiger partial charge in [0.15, 0.2) is 5.54 Å². The number of hydrogen-bond acceptors (Lipinski definition) is 5. The molecule has 0 radical (unpaired) electrons. The number of hydrogen-bond donors (Lipinski definition) is 2. The van der Waals surface area contributed by atoms with E-state index < -0.39 is 28.9 Å². The molecular formula is C16H24N4O5. The van der Waals surface area contributed by atoms with Crippen molar-refractivity contribution in [1.82, 2.24) is 14.7 Å². The molecule has 0 aromatic carbocycles. The SMILES string of the molecule is CCOC(=O)C(C)(C)n1cc(NC(=O)N2CCC(C)(C(=O)O)C2)cn1. The van der Waals surface area contributed by atoms with Crippen LogP contribution in [-0.2, 0) is 19.9 Å². The van der Waals surface area contributed by atoms with E-state index in [1.54, 1.807) is 33.9 Å². The number of aliphatic carboxylic acids is 1. The summed E-state index contributed by atoms with van der Waals surface area (Å²) in [5, 5.41) is 16.0. The Hall–Kier alpha value is -2.58. The summed E-state index contributed by atoms with van der Waals surface area (Å²) in [7, 11) is 0. The second kappa shape index (κ2) is 6.73. The molecule has 0 spiro atoms. The number of ether oxygens (including phenoxy) is 1. The maximum absolute atomic E-state index is 12.3. The van der Waals surface area contributed by atoms with Crippen molar-refractivity contribution in [3.63, 3.8) is 0 Å². The van der Waals surface area contributed by atoms with E-state index in [9.17, 15) is 19.5 Å². The lowest BCUT2D eigenvalue weighted by Crippen LogP contribution is -2.38. The third-order valence-corrected chi connectivity index (χ3v) is 4.46. The number of anilines is 1. The molecular weight excluding hydrogens is 328 g/mol. The summed E-state index contributed by atoms with van der Waals surface area (Å²) >= 11 is 0. The number of urea groups is 1. The van der Waals surface area contributed by atoms with Crippen LogP contribution in [0.3, 0.4) is 0 Å². The first-order chi connectivity index (χ1) is 11.6. The van der Waals surface area contributed by atoms with Crippen LogP contribution in [-0.4, -0.2) is 57.5 Å². The monoisotopic (exact) mass is 352 g/mol. The molecule has 9 nitrogen and oxygen atoms in total. The molecule has 0 saturated carbocycles. The molecule has 0 aliphatic carbocycles. The highest BCUT2D eigenvalue weighted by Crippen LogP contribution is 2.30. The second-order valence-electron chi connectivity index (χ2n) is 6.92. The highest BCUT2D eigenvalue weighted by atomic mass is 16.5. The average molecular weight is 352 g/mol. The van der Waals surface area contributed by atoms with E-state index in [2.05, 4.69) is 10.4 Å². The van der Waals surface area contributed by atoms with Gasteiger partial charge in [-0.15, -0.1) is 0 Å². The fraction of sp³-hybridized carbons (Fsp3) is 0.625. The first-order valence-electron chi connectivity index (χ1n) is 8.12. The van der Waals surface area contributed by atoms with Crippen molar-refractivity contribution < 1.29 is 24.2 Å². The average Bonchev–Trinajstić information content (AvgIpc) is 3.15. The molecule has 1 atom stereocenters. The maximum Gasteiger partial charge on any atom is 0.333 e. The van der Waals surface area contributed by atoms with Gasteiger partial charge in [-0.3, -0.25) is 9.48 Å². The standard InChI is InChI=1S/C16H24N4O5/c1-5-25-13(23)15(2,3)20-9-11(8-17-20)18-14(24)19-7-6-16(4,10-19)12(21)22/h8-9H,5-7,10H2,1-4H3,(H,18,24)(H,21,22). The van der Waals surface area contributed by atoms with Gasteiger partial charge in [0.25, 0.3) is 0 Å². The highest BCUT2D eigenvalue weighted by molar-refractivity contribution is 5.90. The third kappa shape index (κ3) is 3.75. The molecule has 1 aromatic heterocycles. The van der Waals surface area contributed by atoms with Crippen LogP contribution >= 0.6 is 0 Å². The van der Waals surface area contributed by atoms with E-state index in [0.717, 1.165) is 0 Å². The molecule has 1 aliphatic heterocycles. The zero-order valence-electron chi connectivity index (χ0n) is 14.9. The second-order valence-corrected chi connectivity index (χ2v) is 6.92. The van der Waals surface area contributed by atoms with Gasteiger partial charge in [-0.25, -0.2) is 9.59 Å². The van der Waals surface area contributed by atoms with Crippen molar-refractivity contribution in [2.45, 2.75) is 39.7 Å². The summed E-state index contributed by atoms with van der Waals surface area (Å²) in [6.45, 7) is 7.48. The zero-order chi connectivity index (χ0) is 18.8. The largest absolute Gasteiger partial charge is 0.481 e. The summed E-state index contributed by atoms with van der Waals surface area (Å²) in [5.74, 6) is -1.33. The lowest BCUT2D eigenvalue weighted by Gasteiger charge is -2.22. The van der Waals surface area contributed by atoms with Crippen LogP contribution < -0.4 is 5.32 Å². The van der Waals surface area contributed by atoms with Crippen LogP contribution in [0.1, 0.15) is 34.1 Å². The summed E-state index contributed by atoms with van der Waals surface area (Å²) in [4.78, 5) is 37.0. The number of rotatable bonds is 5. The predicted molar refractivity (Wildman–Crippen MR) is 89.1 cm³/mol. The van der Waals surface area contributed by atoms with Gasteiger partial charge in [0.1, 0.15) is 0 Å². The Morgan fingerprint density at radius 1 is 1.44 bits per heavy atom. The van der Waals surface area contributed by atoms with E-state index >= 15 is 0 Å². The van der Waals surface area contributed by atoms with Crippen LogP contribution in [0, 0.1) is 5.41 Å². The molecule has 1 fully saturated rings. The number of carboxylic acid groups (broad SMARTS) is 1. The van der Waals surface area contributed by atoms with E-state index in [1.807, 2.05) is 0 Å². The maximum atomic E-state index is 12.3. The molecule has 25 heavy (non-hydrogen) atoms. The number of nitrogens with zero attached hydrogens (tertiary/aromatic N) is 3. The molecule has 1 aromatic rings. The molecule has 2 amide bonds. The molecule has 2 N–H and O–H groups in total. The first kappa shape index (κ1) is 18.8. The number of aromatic nitrogens is 2. The zero-order valence-corrected chi connectivity index (χ0v) is 14.9. The quantitative estimate of drug-likeness (QED) is 0.777. The number of amides is 2. The van der Waals surface area contributed by atoms with Gasteiger partial charge in [-0.2, -0.15) is 5.10 Å². The number of nitrogens with one attached hydrogen (secondary N) is 1. The van der Waals surface area contributed by atoms with Crippen LogP contribution in [0.15, 0.2) is 12.4 Å². The predicted octanol–water partition coefficient (Wildman–Crippen LogP) is 1.51. The van der Waals surface area contributed by atoms with Crippen molar-refractivity contribution in [3.05, 3.63) is 12.4 Å². The van der Waals surface area contributed by atoms with Crippen LogP contribution in [0.4, 0.5) is 10.5 Å². The number of esters is 1. The first-order valence-corrected chi connectivity index (χ1v) is 8.12. The number of carbonyl (C=O) groups excluding carboxylic acids is 2. The van der Waals surface area contributed by atoms with Crippen LogP contribution in [0.25, 0.3) is 0 Å². The van der Waals surface area contributed by atoms with Crippen LogP contribution in [0.2, 0.25) is 0 Å². The smallest absolute Gasteiger partial charge is 0.333 e. The van der Waals surface area contributed by atoms with Crippen molar-refractivity contribution in [3.8, 4) is 0 Å².